The molecule has 0 aliphatic rings. The largest absolute Gasteiger partial charge is 0.466 e. The van der Waals surface area contributed by atoms with Crippen LogP contribution in [0, 0.1) is 13.8 Å². The van der Waals surface area contributed by atoms with Crippen LogP contribution in [0.25, 0.3) is 17.5 Å². The number of carbonyl (C=O) groups excluding carboxylic acids is 1. The van der Waals surface area contributed by atoms with Crippen molar-refractivity contribution in [3.63, 3.8) is 0 Å². The number of carbonyl (C=O) groups is 1. The molecule has 0 bridgehead atoms. The van der Waals surface area contributed by atoms with Gasteiger partial charge < -0.3 is 9.84 Å². The molecule has 0 saturated heterocycles. The first kappa shape index (κ1) is 33.8. The molecule has 0 amide bonds. The highest BCUT2D eigenvalue weighted by Gasteiger charge is 2.68. The molecule has 3 rings (SSSR count). The van der Waals surface area contributed by atoms with Crippen molar-refractivity contribution >= 4 is 12.0 Å². The second-order valence-electron chi connectivity index (χ2n) is 10.4. The molecule has 0 fully saturated rings. The third kappa shape index (κ3) is 6.92. The van der Waals surface area contributed by atoms with Crippen molar-refractivity contribution in [3.05, 3.63) is 88.2 Å². The summed E-state index contributed by atoms with van der Waals surface area (Å²) >= 11 is 0. The number of ether oxygens (including phenoxy) is 1. The molecule has 232 valence electrons. The molecule has 1 heterocycles. The molecule has 0 radical (unpaired) electrons. The summed E-state index contributed by atoms with van der Waals surface area (Å²) in [6.07, 6.45) is -6.91. The predicted octanol–water partition coefficient (Wildman–Crippen LogP) is 7.84. The number of aryl methyl sites for hydroxylation is 2. The number of esters is 1. The molecule has 5 nitrogen and oxygen atoms in total. The van der Waals surface area contributed by atoms with Gasteiger partial charge in [-0.05, 0) is 73.1 Å². The number of nitrogens with zero attached hydrogens (tertiary/aromatic N) is 2. The van der Waals surface area contributed by atoms with E-state index in [9.17, 15) is 36.2 Å². The van der Waals surface area contributed by atoms with Crippen molar-refractivity contribution < 1.29 is 41.0 Å². The van der Waals surface area contributed by atoms with Gasteiger partial charge in [0.15, 0.2) is 5.82 Å². The topological polar surface area (TPSA) is 72.3 Å². The van der Waals surface area contributed by atoms with E-state index in [0.717, 1.165) is 22.3 Å². The average molecular weight is 609 g/mol. The van der Waals surface area contributed by atoms with Crippen LogP contribution in [0.5, 0.6) is 0 Å². The number of alkyl halides is 6. The predicted molar refractivity (Wildman–Crippen MR) is 151 cm³/mol. The van der Waals surface area contributed by atoms with Gasteiger partial charge in [0.25, 0.3) is 5.60 Å². The van der Waals surface area contributed by atoms with Gasteiger partial charge in [0, 0.05) is 23.4 Å². The maximum atomic E-state index is 13.1. The Labute approximate surface area is 246 Å². The van der Waals surface area contributed by atoms with Gasteiger partial charge in [0.2, 0.25) is 0 Å². The molecule has 11 heteroatoms. The Morgan fingerprint density at radius 1 is 0.860 bits per heavy atom. The van der Waals surface area contributed by atoms with Crippen molar-refractivity contribution in [2.75, 3.05) is 6.61 Å². The highest BCUT2D eigenvalue weighted by atomic mass is 19.4. The van der Waals surface area contributed by atoms with Crippen LogP contribution >= 0.6 is 0 Å². The van der Waals surface area contributed by atoms with E-state index < -0.39 is 23.4 Å². The second kappa shape index (κ2) is 12.9. The summed E-state index contributed by atoms with van der Waals surface area (Å²) in [6, 6.07) is 10.8. The molecule has 0 aliphatic carbocycles. The first-order valence-electron chi connectivity index (χ1n) is 13.8. The Hall–Kier alpha value is -3.73. The molecular formula is C32H34F6N2O3. The Morgan fingerprint density at radius 2 is 1.40 bits per heavy atom. The van der Waals surface area contributed by atoms with E-state index >= 15 is 0 Å². The summed E-state index contributed by atoms with van der Waals surface area (Å²) in [6.45, 7) is 9.55. The summed E-state index contributed by atoms with van der Waals surface area (Å²) < 4.78 is 83.7. The van der Waals surface area contributed by atoms with Crippen molar-refractivity contribution in [2.45, 2.75) is 77.2 Å². The molecule has 1 aromatic heterocycles. The lowest BCUT2D eigenvalue weighted by molar-refractivity contribution is -0.347. The van der Waals surface area contributed by atoms with Crippen LogP contribution in [-0.4, -0.2) is 45.6 Å². The van der Waals surface area contributed by atoms with E-state index in [-0.39, 0.29) is 30.6 Å². The van der Waals surface area contributed by atoms with Crippen LogP contribution in [0.4, 0.5) is 26.3 Å². The number of hydrogen-bond acceptors (Lipinski definition) is 5. The molecule has 0 aliphatic heterocycles. The van der Waals surface area contributed by atoms with E-state index in [1.165, 1.54) is 6.07 Å². The second-order valence-corrected chi connectivity index (χ2v) is 10.4. The normalized spacial score (nSPS) is 13.0. The molecule has 43 heavy (non-hydrogen) atoms. The van der Waals surface area contributed by atoms with Crippen LogP contribution in [-0.2, 0) is 21.4 Å². The first-order chi connectivity index (χ1) is 20.0. The van der Waals surface area contributed by atoms with Gasteiger partial charge in [-0.15, -0.1) is 0 Å². The minimum Gasteiger partial charge on any atom is -0.466 e. The van der Waals surface area contributed by atoms with E-state index in [4.69, 9.17) is 4.74 Å². The van der Waals surface area contributed by atoms with Crippen LogP contribution in [0.3, 0.4) is 0 Å². The minimum atomic E-state index is -5.94. The SMILES string of the molecule is CCOC(=O)Cc1cnc(-c2ccc(C(CC)(CC)c3ccc(C=CC(O)(C(F)(F)F)C(F)(F)F)c(C)c3)cc2C)nc1. The van der Waals surface area contributed by atoms with Crippen molar-refractivity contribution in [1.29, 1.82) is 0 Å². The van der Waals surface area contributed by atoms with Crippen molar-refractivity contribution in [3.8, 4) is 11.4 Å². The summed E-state index contributed by atoms with van der Waals surface area (Å²) in [4.78, 5) is 20.6. The number of halogens is 6. The van der Waals surface area contributed by atoms with E-state index in [1.807, 2.05) is 39.0 Å². The number of benzene rings is 2. The molecule has 0 spiro atoms. The molecule has 1 N–H and O–H groups in total. The molecule has 3 aromatic rings. The highest BCUT2D eigenvalue weighted by Crippen LogP contribution is 2.45. The fourth-order valence-corrected chi connectivity index (χ4v) is 5.13. The average Bonchev–Trinajstić information content (AvgIpc) is 2.93. The molecule has 0 unspecified atom stereocenters. The fraction of sp³-hybridized carbons (Fsp3) is 0.406. The molecule has 0 atom stereocenters. The quantitative estimate of drug-likeness (QED) is 0.188. The first-order valence-corrected chi connectivity index (χ1v) is 13.8. The highest BCUT2D eigenvalue weighted by molar-refractivity contribution is 5.72. The lowest BCUT2D eigenvalue weighted by atomic mass is 9.69. The van der Waals surface area contributed by atoms with Gasteiger partial charge in [0.05, 0.1) is 13.0 Å². The van der Waals surface area contributed by atoms with Gasteiger partial charge in [-0.2, -0.15) is 26.3 Å². The van der Waals surface area contributed by atoms with E-state index in [2.05, 4.69) is 9.97 Å². The zero-order valence-corrected chi connectivity index (χ0v) is 24.5. The summed E-state index contributed by atoms with van der Waals surface area (Å²) in [5, 5.41) is 9.48. The van der Waals surface area contributed by atoms with Gasteiger partial charge in [-0.1, -0.05) is 56.3 Å². The standard InChI is InChI=1S/C32H34F6N2O3/c1-6-29(7-2,24-10-9-23(20(4)15-24)13-14-30(42,31(33,34)35)32(36,37)38)25-11-12-26(21(5)16-25)28-39-18-22(19-40-28)17-27(41)43-8-3/h9-16,18-19,42H,6-8,17H2,1-5H3. The lowest BCUT2D eigenvalue weighted by Gasteiger charge is -2.34. The third-order valence-corrected chi connectivity index (χ3v) is 7.78. The molecular weight excluding hydrogens is 574 g/mol. The van der Waals surface area contributed by atoms with Crippen molar-refractivity contribution in [1.82, 2.24) is 9.97 Å². The summed E-state index contributed by atoms with van der Waals surface area (Å²) in [7, 11) is 0. The van der Waals surface area contributed by atoms with Crippen LogP contribution < -0.4 is 0 Å². The summed E-state index contributed by atoms with van der Waals surface area (Å²) in [5.41, 5.74) is -0.746. The zero-order valence-electron chi connectivity index (χ0n) is 24.5. The van der Waals surface area contributed by atoms with Crippen LogP contribution in [0.2, 0.25) is 0 Å². The van der Waals surface area contributed by atoms with Crippen LogP contribution in [0.1, 0.15) is 67.0 Å². The Balaban J connectivity index is 1.95. The number of rotatable bonds is 10. The fourth-order valence-electron chi connectivity index (χ4n) is 5.13. The Bertz CT molecular complexity index is 1450. The maximum absolute atomic E-state index is 13.1. The van der Waals surface area contributed by atoms with Gasteiger partial charge >= 0.3 is 18.3 Å². The monoisotopic (exact) mass is 608 g/mol. The zero-order chi connectivity index (χ0) is 32.2. The molecule has 0 saturated carbocycles. The number of aromatic nitrogens is 2. The van der Waals surface area contributed by atoms with Gasteiger partial charge in [-0.3, -0.25) is 4.79 Å². The number of hydrogen-bond donors (Lipinski definition) is 1. The number of aliphatic hydroxyl groups is 1. The smallest absolute Gasteiger partial charge is 0.430 e. The minimum absolute atomic E-state index is 0.0705. The lowest BCUT2D eigenvalue weighted by Crippen LogP contribution is -2.55. The van der Waals surface area contributed by atoms with Gasteiger partial charge in [0.1, 0.15) is 0 Å². The van der Waals surface area contributed by atoms with Crippen molar-refractivity contribution in [2.24, 2.45) is 0 Å². The maximum Gasteiger partial charge on any atom is 0.430 e. The van der Waals surface area contributed by atoms with E-state index in [1.54, 1.807) is 38.4 Å². The van der Waals surface area contributed by atoms with Gasteiger partial charge in [-0.25, -0.2) is 9.97 Å². The Morgan fingerprint density at radius 3 is 1.86 bits per heavy atom. The summed E-state index contributed by atoms with van der Waals surface area (Å²) in [5.74, 6) is 0.123. The third-order valence-electron chi connectivity index (χ3n) is 7.78. The molecule has 2 aromatic carbocycles. The Kier molecular flexibility index (Phi) is 10.1. The van der Waals surface area contributed by atoms with Crippen LogP contribution in [0.15, 0.2) is 54.9 Å². The van der Waals surface area contributed by atoms with E-state index in [0.29, 0.717) is 35.9 Å².